The van der Waals surface area contributed by atoms with E-state index in [1.807, 2.05) is 26.0 Å². The van der Waals surface area contributed by atoms with Gasteiger partial charge in [0.1, 0.15) is 10.0 Å². The molecule has 1 N–H and O–H groups in total. The first kappa shape index (κ1) is 19.0. The van der Waals surface area contributed by atoms with Crippen LogP contribution >= 0.6 is 11.3 Å². The number of nitrogens with one attached hydrogen (secondary N) is 1. The van der Waals surface area contributed by atoms with E-state index in [-0.39, 0.29) is 17.8 Å². The maximum absolute atomic E-state index is 13.2. The molecule has 2 unspecified atom stereocenters. The number of rotatable bonds is 5. The second kappa shape index (κ2) is 7.27. The van der Waals surface area contributed by atoms with E-state index < -0.39 is 10.0 Å². The van der Waals surface area contributed by atoms with Crippen molar-refractivity contribution >= 4 is 21.4 Å². The number of aryl methyl sites for hydroxylation is 1. The molecule has 0 saturated heterocycles. The van der Waals surface area contributed by atoms with Gasteiger partial charge in [0.2, 0.25) is 0 Å². The summed E-state index contributed by atoms with van der Waals surface area (Å²) in [6, 6.07) is 9.28. The van der Waals surface area contributed by atoms with Gasteiger partial charge in [-0.2, -0.15) is 5.10 Å². The van der Waals surface area contributed by atoms with E-state index in [1.165, 1.54) is 23.5 Å². The number of benzene rings is 1. The lowest BCUT2D eigenvalue weighted by atomic mass is 9.96. The highest BCUT2D eigenvalue weighted by Gasteiger charge is 2.29. The van der Waals surface area contributed by atoms with Gasteiger partial charge in [0.05, 0.1) is 11.4 Å². The Morgan fingerprint density at radius 2 is 1.93 bits per heavy atom. The number of thiophene rings is 1. The fourth-order valence-electron chi connectivity index (χ4n) is 3.70. The van der Waals surface area contributed by atoms with E-state index >= 15 is 0 Å². The number of nitrogens with zero attached hydrogens (tertiary/aromatic N) is 2. The molecule has 2 aromatic heterocycles. The van der Waals surface area contributed by atoms with Gasteiger partial charge < -0.3 is 0 Å². The van der Waals surface area contributed by atoms with E-state index in [4.69, 9.17) is 0 Å². The van der Waals surface area contributed by atoms with Crippen LogP contribution in [0.25, 0.3) is 5.69 Å². The van der Waals surface area contributed by atoms with Crippen molar-refractivity contribution in [2.45, 2.75) is 36.4 Å². The molecule has 2 atom stereocenters. The molecule has 0 saturated carbocycles. The third kappa shape index (κ3) is 3.55. The number of sulfonamides is 1. The first-order valence-electron chi connectivity index (χ1n) is 8.91. The van der Waals surface area contributed by atoms with E-state index in [9.17, 15) is 12.8 Å². The molecule has 2 heterocycles. The molecule has 0 fully saturated rings. The van der Waals surface area contributed by atoms with Crippen molar-refractivity contribution in [1.29, 1.82) is 0 Å². The van der Waals surface area contributed by atoms with E-state index in [2.05, 4.69) is 9.82 Å². The molecule has 28 heavy (non-hydrogen) atoms. The normalized spacial score (nSPS) is 19.4. The van der Waals surface area contributed by atoms with Crippen molar-refractivity contribution in [3.05, 3.63) is 76.7 Å². The molecule has 1 aliphatic rings. The Labute approximate surface area is 167 Å². The maximum atomic E-state index is 13.2. The van der Waals surface area contributed by atoms with Crippen LogP contribution in [0.2, 0.25) is 0 Å². The number of allylic oxidation sites excluding steroid dienone is 1. The summed E-state index contributed by atoms with van der Waals surface area (Å²) in [5, 5.41) is 6.37. The van der Waals surface area contributed by atoms with Crippen molar-refractivity contribution in [1.82, 2.24) is 14.5 Å². The van der Waals surface area contributed by atoms with Gasteiger partial charge in [-0.15, -0.1) is 11.3 Å². The van der Waals surface area contributed by atoms with Crippen LogP contribution in [0.5, 0.6) is 0 Å². The Bertz CT molecular complexity index is 1120. The van der Waals surface area contributed by atoms with Gasteiger partial charge in [-0.05, 0) is 56.0 Å². The molecule has 146 valence electrons. The van der Waals surface area contributed by atoms with Crippen LogP contribution in [0.3, 0.4) is 0 Å². The molecular weight excluding hydrogens is 397 g/mol. The van der Waals surface area contributed by atoms with Crippen LogP contribution in [0.4, 0.5) is 4.39 Å². The molecule has 1 aliphatic carbocycles. The molecule has 4 rings (SSSR count). The summed E-state index contributed by atoms with van der Waals surface area (Å²) in [5.74, 6) is -0.213. The number of aromatic nitrogens is 2. The second-order valence-electron chi connectivity index (χ2n) is 6.86. The van der Waals surface area contributed by atoms with Crippen LogP contribution in [0, 0.1) is 19.7 Å². The van der Waals surface area contributed by atoms with Gasteiger partial charge in [-0.3, -0.25) is 0 Å². The van der Waals surface area contributed by atoms with Crippen molar-refractivity contribution < 1.29 is 12.8 Å². The first-order valence-corrected chi connectivity index (χ1v) is 11.3. The van der Waals surface area contributed by atoms with Crippen LogP contribution in [-0.4, -0.2) is 24.2 Å². The van der Waals surface area contributed by atoms with Crippen LogP contribution in [-0.2, 0) is 10.0 Å². The molecule has 5 nitrogen and oxygen atoms in total. The summed E-state index contributed by atoms with van der Waals surface area (Å²) < 4.78 is 43.0. The minimum atomic E-state index is -3.51. The minimum absolute atomic E-state index is 0.0743. The van der Waals surface area contributed by atoms with Gasteiger partial charge in [0.25, 0.3) is 10.0 Å². The SMILES string of the molecule is Cc1nn(-c2ccc(F)cc2)c(C)c1C1C=CC(NS(=O)(=O)c2cccs2)C1. The van der Waals surface area contributed by atoms with E-state index in [1.54, 1.807) is 34.3 Å². The standard InChI is InChI=1S/C20H20FN3O2S2/c1-13-20(14(2)24(22-13)18-9-6-16(21)7-10-18)15-5-8-17(12-15)23-28(25,26)19-4-3-11-27-19/h3-11,15,17,23H,12H2,1-2H3. The van der Waals surface area contributed by atoms with Gasteiger partial charge >= 0.3 is 0 Å². The smallest absolute Gasteiger partial charge is 0.238 e. The average molecular weight is 418 g/mol. The lowest BCUT2D eigenvalue weighted by Gasteiger charge is -2.14. The van der Waals surface area contributed by atoms with Crippen LogP contribution < -0.4 is 4.72 Å². The van der Waals surface area contributed by atoms with E-state index in [0.717, 1.165) is 22.6 Å². The van der Waals surface area contributed by atoms with Gasteiger partial charge in [-0.25, -0.2) is 22.2 Å². The lowest BCUT2D eigenvalue weighted by molar-refractivity contribution is 0.565. The van der Waals surface area contributed by atoms with Gasteiger partial charge in [0, 0.05) is 23.2 Å². The first-order chi connectivity index (χ1) is 13.3. The average Bonchev–Trinajstić information content (AvgIpc) is 3.37. The van der Waals surface area contributed by atoms with E-state index in [0.29, 0.717) is 10.6 Å². The summed E-state index contributed by atoms with van der Waals surface area (Å²) in [5.41, 5.74) is 3.74. The van der Waals surface area contributed by atoms with Crippen molar-refractivity contribution in [2.24, 2.45) is 0 Å². The Balaban J connectivity index is 1.55. The molecule has 0 spiro atoms. The zero-order chi connectivity index (χ0) is 19.9. The predicted molar refractivity (Wildman–Crippen MR) is 108 cm³/mol. The molecule has 0 bridgehead atoms. The third-order valence-electron chi connectivity index (χ3n) is 4.94. The molecule has 3 aromatic rings. The highest BCUT2D eigenvalue weighted by atomic mass is 32.2. The highest BCUT2D eigenvalue weighted by Crippen LogP contribution is 2.34. The second-order valence-corrected chi connectivity index (χ2v) is 9.75. The Morgan fingerprint density at radius 3 is 2.61 bits per heavy atom. The summed E-state index contributed by atoms with van der Waals surface area (Å²) in [7, 11) is -3.51. The Morgan fingerprint density at radius 1 is 1.18 bits per heavy atom. The predicted octanol–water partition coefficient (Wildman–Crippen LogP) is 4.08. The molecule has 1 aromatic carbocycles. The van der Waals surface area contributed by atoms with Gasteiger partial charge in [0.15, 0.2) is 0 Å². The van der Waals surface area contributed by atoms with Crippen LogP contribution in [0.1, 0.15) is 29.3 Å². The minimum Gasteiger partial charge on any atom is -0.238 e. The van der Waals surface area contributed by atoms with Crippen LogP contribution in [0.15, 0.2) is 58.1 Å². The molecular formula is C20H20FN3O2S2. The summed E-state index contributed by atoms with van der Waals surface area (Å²) in [6.45, 7) is 3.93. The largest absolute Gasteiger partial charge is 0.250 e. The zero-order valence-electron chi connectivity index (χ0n) is 15.5. The molecule has 0 aliphatic heterocycles. The van der Waals surface area contributed by atoms with Crippen molar-refractivity contribution in [3.63, 3.8) is 0 Å². The lowest BCUT2D eigenvalue weighted by Crippen LogP contribution is -2.32. The quantitative estimate of drug-likeness (QED) is 0.636. The summed E-state index contributed by atoms with van der Waals surface area (Å²) in [4.78, 5) is 0. The third-order valence-corrected chi connectivity index (χ3v) is 7.83. The summed E-state index contributed by atoms with van der Waals surface area (Å²) >= 11 is 1.20. The molecule has 8 heteroatoms. The summed E-state index contributed by atoms with van der Waals surface area (Å²) in [6.07, 6.45) is 4.58. The molecule has 0 amide bonds. The topological polar surface area (TPSA) is 64.0 Å². The molecule has 0 radical (unpaired) electrons. The van der Waals surface area contributed by atoms with Crippen molar-refractivity contribution in [2.75, 3.05) is 0 Å². The van der Waals surface area contributed by atoms with Crippen molar-refractivity contribution in [3.8, 4) is 5.69 Å². The fourth-order valence-corrected chi connectivity index (χ4v) is 5.91. The monoisotopic (exact) mass is 417 g/mol. The number of hydrogen-bond acceptors (Lipinski definition) is 4. The number of hydrogen-bond donors (Lipinski definition) is 1. The Hall–Kier alpha value is -2.29. The fraction of sp³-hybridized carbons (Fsp3) is 0.250. The van der Waals surface area contributed by atoms with Gasteiger partial charge in [-0.1, -0.05) is 18.2 Å². The zero-order valence-corrected chi connectivity index (χ0v) is 17.1. The highest BCUT2D eigenvalue weighted by molar-refractivity contribution is 7.91. The number of halogens is 1. The Kier molecular flexibility index (Phi) is 4.95. The maximum Gasteiger partial charge on any atom is 0.250 e.